The summed E-state index contributed by atoms with van der Waals surface area (Å²) in [4.78, 5) is 3.14. The van der Waals surface area contributed by atoms with E-state index in [9.17, 15) is 5.11 Å². The van der Waals surface area contributed by atoms with Crippen LogP contribution in [0.15, 0.2) is 12.1 Å². The first-order chi connectivity index (χ1) is 6.65. The normalized spacial score (nSPS) is 10.8. The fourth-order valence-corrected chi connectivity index (χ4v) is 1.71. The van der Waals surface area contributed by atoms with Crippen LogP contribution < -0.4 is 4.74 Å². The summed E-state index contributed by atoms with van der Waals surface area (Å²) < 4.78 is 5.25. The van der Waals surface area contributed by atoms with Crippen LogP contribution in [0.1, 0.15) is 11.3 Å². The van der Waals surface area contributed by atoms with E-state index >= 15 is 0 Å². The lowest BCUT2D eigenvalue weighted by Gasteiger charge is -2.03. The van der Waals surface area contributed by atoms with E-state index in [4.69, 9.17) is 4.74 Å². The van der Waals surface area contributed by atoms with Gasteiger partial charge in [0.05, 0.1) is 12.6 Å². The van der Waals surface area contributed by atoms with Crippen LogP contribution in [0.2, 0.25) is 0 Å². The number of rotatable bonds is 1. The fraction of sp³-hybridized carbons (Fsp3) is 0.273. The zero-order chi connectivity index (χ0) is 10.3. The lowest BCUT2D eigenvalue weighted by molar-refractivity contribution is 0.418. The van der Waals surface area contributed by atoms with E-state index in [2.05, 4.69) is 4.98 Å². The van der Waals surface area contributed by atoms with Crippen molar-refractivity contribution in [2.24, 2.45) is 0 Å². The maximum absolute atomic E-state index is 9.64. The lowest BCUT2D eigenvalue weighted by atomic mass is 10.1. The first-order valence-corrected chi connectivity index (χ1v) is 4.50. The third-order valence-electron chi connectivity index (χ3n) is 2.62. The highest BCUT2D eigenvalue weighted by molar-refractivity contribution is 5.94. The Bertz CT molecular complexity index is 485. The number of nitrogens with one attached hydrogen (secondary N) is 1. The predicted molar refractivity (Wildman–Crippen MR) is 56.0 cm³/mol. The van der Waals surface area contributed by atoms with Gasteiger partial charge in [-0.1, -0.05) is 0 Å². The van der Waals surface area contributed by atoms with Gasteiger partial charge >= 0.3 is 0 Å². The summed E-state index contributed by atoms with van der Waals surface area (Å²) >= 11 is 0. The minimum absolute atomic E-state index is 0.261. The SMILES string of the molecule is COc1ccc(O)c2[nH]c(C)c(C)c12. The summed E-state index contributed by atoms with van der Waals surface area (Å²) in [6, 6.07) is 3.41. The maximum atomic E-state index is 9.64. The van der Waals surface area contributed by atoms with Gasteiger partial charge in [-0.15, -0.1) is 0 Å². The quantitative estimate of drug-likeness (QED) is 0.727. The summed E-state index contributed by atoms with van der Waals surface area (Å²) in [7, 11) is 1.63. The van der Waals surface area contributed by atoms with Gasteiger partial charge < -0.3 is 14.8 Å². The molecule has 0 aliphatic carbocycles. The molecule has 1 heterocycles. The average Bonchev–Trinajstić information content (AvgIpc) is 2.47. The maximum Gasteiger partial charge on any atom is 0.139 e. The molecule has 0 unspecified atom stereocenters. The number of H-pyrrole nitrogens is 1. The summed E-state index contributed by atoms with van der Waals surface area (Å²) in [5.41, 5.74) is 2.92. The number of fused-ring (bicyclic) bond motifs is 1. The minimum atomic E-state index is 0.261. The highest BCUT2D eigenvalue weighted by atomic mass is 16.5. The molecule has 2 rings (SSSR count). The Hall–Kier alpha value is -1.64. The number of ether oxygens (including phenoxy) is 1. The summed E-state index contributed by atoms with van der Waals surface area (Å²) in [5, 5.41) is 10.6. The Morgan fingerprint density at radius 1 is 1.29 bits per heavy atom. The molecule has 1 aromatic carbocycles. The third kappa shape index (κ3) is 1.05. The molecule has 3 nitrogen and oxygen atoms in total. The molecule has 0 fully saturated rings. The van der Waals surface area contributed by atoms with Crippen molar-refractivity contribution in [1.29, 1.82) is 0 Å². The number of hydrogen-bond donors (Lipinski definition) is 2. The van der Waals surface area contributed by atoms with Gasteiger partial charge in [0.25, 0.3) is 0 Å². The summed E-state index contributed by atoms with van der Waals surface area (Å²) in [6.45, 7) is 3.99. The molecular formula is C11H13NO2. The molecular weight excluding hydrogens is 178 g/mol. The number of phenolic OH excluding ortho intramolecular Hbond substituents is 1. The number of aryl methyl sites for hydroxylation is 2. The predicted octanol–water partition coefficient (Wildman–Crippen LogP) is 2.50. The first-order valence-electron chi connectivity index (χ1n) is 4.50. The Morgan fingerprint density at radius 2 is 2.00 bits per heavy atom. The number of aromatic hydroxyl groups is 1. The molecule has 0 aliphatic rings. The van der Waals surface area contributed by atoms with Gasteiger partial charge in [-0.2, -0.15) is 0 Å². The molecule has 0 saturated heterocycles. The number of phenols is 1. The molecule has 2 aromatic rings. The fourth-order valence-electron chi connectivity index (χ4n) is 1.71. The van der Waals surface area contributed by atoms with E-state index in [1.807, 2.05) is 13.8 Å². The Labute approximate surface area is 82.3 Å². The van der Waals surface area contributed by atoms with Gasteiger partial charge in [-0.05, 0) is 31.5 Å². The van der Waals surface area contributed by atoms with Crippen molar-refractivity contribution in [1.82, 2.24) is 4.98 Å². The van der Waals surface area contributed by atoms with Crippen LogP contribution in [0.5, 0.6) is 11.5 Å². The van der Waals surface area contributed by atoms with Crippen LogP contribution in [-0.2, 0) is 0 Å². The molecule has 0 saturated carbocycles. The molecule has 3 heteroatoms. The number of benzene rings is 1. The largest absolute Gasteiger partial charge is 0.506 e. The van der Waals surface area contributed by atoms with E-state index in [1.54, 1.807) is 19.2 Å². The molecule has 2 N–H and O–H groups in total. The van der Waals surface area contributed by atoms with E-state index in [1.165, 1.54) is 0 Å². The average molecular weight is 191 g/mol. The zero-order valence-corrected chi connectivity index (χ0v) is 8.51. The smallest absolute Gasteiger partial charge is 0.139 e. The van der Waals surface area contributed by atoms with Crippen molar-refractivity contribution in [3.05, 3.63) is 23.4 Å². The Morgan fingerprint density at radius 3 is 2.64 bits per heavy atom. The Balaban J connectivity index is 2.92. The molecule has 0 spiro atoms. The Kier molecular flexibility index (Phi) is 1.88. The molecule has 0 amide bonds. The van der Waals surface area contributed by atoms with Gasteiger partial charge in [0.2, 0.25) is 0 Å². The van der Waals surface area contributed by atoms with Crippen LogP contribution >= 0.6 is 0 Å². The number of aromatic amines is 1. The summed E-state index contributed by atoms with van der Waals surface area (Å²) in [6.07, 6.45) is 0. The molecule has 74 valence electrons. The monoisotopic (exact) mass is 191 g/mol. The van der Waals surface area contributed by atoms with Crippen molar-refractivity contribution in [3.63, 3.8) is 0 Å². The second-order valence-electron chi connectivity index (χ2n) is 3.41. The van der Waals surface area contributed by atoms with Crippen molar-refractivity contribution in [2.75, 3.05) is 7.11 Å². The molecule has 0 atom stereocenters. The van der Waals surface area contributed by atoms with E-state index in [0.29, 0.717) is 0 Å². The number of methoxy groups -OCH3 is 1. The van der Waals surface area contributed by atoms with Crippen LogP contribution in [0.4, 0.5) is 0 Å². The van der Waals surface area contributed by atoms with Crippen LogP contribution in [0, 0.1) is 13.8 Å². The number of aromatic nitrogens is 1. The van der Waals surface area contributed by atoms with Crippen molar-refractivity contribution in [2.45, 2.75) is 13.8 Å². The van der Waals surface area contributed by atoms with E-state index in [0.717, 1.165) is 27.9 Å². The summed E-state index contributed by atoms with van der Waals surface area (Å²) in [5.74, 6) is 1.05. The van der Waals surface area contributed by atoms with Crippen LogP contribution in [-0.4, -0.2) is 17.2 Å². The molecule has 14 heavy (non-hydrogen) atoms. The lowest BCUT2D eigenvalue weighted by Crippen LogP contribution is -1.84. The van der Waals surface area contributed by atoms with Gasteiger partial charge in [0, 0.05) is 11.1 Å². The second-order valence-corrected chi connectivity index (χ2v) is 3.41. The number of hydrogen-bond acceptors (Lipinski definition) is 2. The van der Waals surface area contributed by atoms with Crippen LogP contribution in [0.25, 0.3) is 10.9 Å². The third-order valence-corrected chi connectivity index (χ3v) is 2.62. The molecule has 1 aromatic heterocycles. The van der Waals surface area contributed by atoms with Crippen molar-refractivity contribution >= 4 is 10.9 Å². The second kappa shape index (κ2) is 2.94. The van der Waals surface area contributed by atoms with Crippen molar-refractivity contribution in [3.8, 4) is 11.5 Å². The van der Waals surface area contributed by atoms with Gasteiger partial charge in [-0.3, -0.25) is 0 Å². The highest BCUT2D eigenvalue weighted by Gasteiger charge is 2.12. The standard InChI is InChI=1S/C11H13NO2/c1-6-7(2)12-11-8(13)4-5-9(14-3)10(6)11/h4-5,12-13H,1-3H3. The van der Waals surface area contributed by atoms with Gasteiger partial charge in [0.1, 0.15) is 11.5 Å². The minimum Gasteiger partial charge on any atom is -0.506 e. The molecule has 0 aliphatic heterocycles. The highest BCUT2D eigenvalue weighted by Crippen LogP contribution is 2.35. The van der Waals surface area contributed by atoms with Crippen molar-refractivity contribution < 1.29 is 9.84 Å². The zero-order valence-electron chi connectivity index (χ0n) is 8.51. The van der Waals surface area contributed by atoms with E-state index in [-0.39, 0.29) is 5.75 Å². The first kappa shape index (κ1) is 8.94. The topological polar surface area (TPSA) is 45.2 Å². The van der Waals surface area contributed by atoms with Gasteiger partial charge in [0.15, 0.2) is 0 Å². The van der Waals surface area contributed by atoms with E-state index < -0.39 is 0 Å². The molecule has 0 bridgehead atoms. The molecule has 0 radical (unpaired) electrons. The van der Waals surface area contributed by atoms with Crippen LogP contribution in [0.3, 0.4) is 0 Å². The van der Waals surface area contributed by atoms with Gasteiger partial charge in [-0.25, -0.2) is 0 Å².